The molecule has 1 nitrogen and oxygen atoms in total. The minimum atomic E-state index is 0.583. The van der Waals surface area contributed by atoms with E-state index in [0.29, 0.717) is 6.42 Å². The Morgan fingerprint density at radius 1 is 1.71 bits per heavy atom. The molecule has 7 heavy (non-hydrogen) atoms. The Morgan fingerprint density at radius 3 is 2.14 bits per heavy atom. The predicted molar refractivity (Wildman–Crippen MR) is 34.2 cm³/mol. The molecule has 0 N–H and O–H groups in total. The van der Waals surface area contributed by atoms with Crippen LogP contribution in [-0.4, -0.2) is 0 Å². The molecule has 0 aromatic heterocycles. The van der Waals surface area contributed by atoms with Gasteiger partial charge in [-0.1, -0.05) is 0 Å². The topological polar surface area (TPSA) is 23.8 Å². The Hall–Kier alpha value is 0.843. The van der Waals surface area contributed by atoms with Crippen LogP contribution in [0.4, 0.5) is 0 Å². The van der Waals surface area contributed by atoms with E-state index in [1.807, 2.05) is 6.07 Å². The third kappa shape index (κ3) is 19.9. The molecule has 0 atom stereocenters. The van der Waals surface area contributed by atoms with Crippen LogP contribution < -0.4 is 0 Å². The maximum atomic E-state index is 7.78. The van der Waals surface area contributed by atoms with Gasteiger partial charge in [0.15, 0.2) is 0 Å². The summed E-state index contributed by atoms with van der Waals surface area (Å²) in [4.78, 5) is 0. The van der Waals surface area contributed by atoms with Crippen molar-refractivity contribution in [3.8, 4) is 6.07 Å². The van der Waals surface area contributed by atoms with E-state index in [0.717, 1.165) is 6.42 Å². The molecule has 3 heteroatoms. The normalized spacial score (nSPS) is 5.57. The summed E-state index contributed by atoms with van der Waals surface area (Å²) in [7, 11) is 0. The number of nitriles is 1. The van der Waals surface area contributed by atoms with Gasteiger partial charge in [-0.3, -0.25) is 0 Å². The van der Waals surface area contributed by atoms with E-state index >= 15 is 0 Å². The quantitative estimate of drug-likeness (QED) is 0.402. The van der Waals surface area contributed by atoms with Gasteiger partial charge in [0, 0.05) is 6.42 Å². The van der Waals surface area contributed by atoms with Gasteiger partial charge in [0.2, 0.25) is 0 Å². The van der Waals surface area contributed by atoms with Crippen molar-refractivity contribution in [1.82, 2.24) is 0 Å². The number of hydrogen-bond acceptors (Lipinski definition) is 1. The molecular weight excluding hydrogens is 254 g/mol. The molecule has 0 spiro atoms. The molecule has 0 unspecified atom stereocenters. The predicted octanol–water partition coefficient (Wildman–Crippen LogP) is 2.01. The Labute approximate surface area is 65.3 Å². The summed E-state index contributed by atoms with van der Waals surface area (Å²) in [5.41, 5.74) is 0. The van der Waals surface area contributed by atoms with Gasteiger partial charge in [0.1, 0.15) is 0 Å². The number of halogens is 1. The molecule has 36 valence electrons. The molecule has 0 rings (SSSR count). The van der Waals surface area contributed by atoms with E-state index in [1.54, 1.807) is 0 Å². The Kier molecular flexibility index (Phi) is 24.3. The van der Waals surface area contributed by atoms with Crippen molar-refractivity contribution in [3.05, 3.63) is 6.92 Å². The SMILES string of the molecule is [CH2-]CCC#N.[Zn+][I]. The molecule has 0 saturated carbocycles. The molecule has 0 heterocycles. The van der Waals surface area contributed by atoms with E-state index < -0.39 is 0 Å². The van der Waals surface area contributed by atoms with E-state index in [2.05, 4.69) is 26.7 Å². The standard InChI is InChI=1S/C4H6N.HI.Zn/c1-2-3-4-5;;/h1-3H2;1H;/q-1;;+2/p-1. The number of rotatable bonds is 1. The molecule has 0 aromatic rings. The van der Waals surface area contributed by atoms with Crippen molar-refractivity contribution in [1.29, 1.82) is 5.26 Å². The summed E-state index contributed by atoms with van der Waals surface area (Å²) < 4.78 is 0. The van der Waals surface area contributed by atoms with Crippen LogP contribution in [-0.2, 0) is 14.8 Å². The van der Waals surface area contributed by atoms with Gasteiger partial charge in [-0.15, -0.1) is 0 Å². The van der Waals surface area contributed by atoms with Gasteiger partial charge in [0.05, 0.1) is 6.07 Å². The first-order chi connectivity index (χ1) is 3.41. The molecule has 0 aromatic carbocycles. The first-order valence-electron chi connectivity index (χ1n) is 1.84. The monoisotopic (exact) mass is 259 g/mol. The van der Waals surface area contributed by atoms with Crippen molar-refractivity contribution in [2.75, 3.05) is 0 Å². The zero-order valence-electron chi connectivity index (χ0n) is 4.15. The second-order valence-electron chi connectivity index (χ2n) is 0.762. The van der Waals surface area contributed by atoms with E-state index in [4.69, 9.17) is 5.26 Å². The summed E-state index contributed by atoms with van der Waals surface area (Å²) in [6.07, 6.45) is 1.32. The third-order valence-corrected chi connectivity index (χ3v) is 0.289. The van der Waals surface area contributed by atoms with Crippen LogP contribution >= 0.6 is 19.8 Å². The fourth-order valence-corrected chi connectivity index (χ4v) is 0.0791. The van der Waals surface area contributed by atoms with Crippen LogP contribution in [0, 0.1) is 18.3 Å². The van der Waals surface area contributed by atoms with Crippen LogP contribution in [0.1, 0.15) is 12.8 Å². The van der Waals surface area contributed by atoms with Crippen molar-refractivity contribution >= 4 is 19.8 Å². The first-order valence-corrected chi connectivity index (χ1v) is 10.9. The summed E-state index contributed by atoms with van der Waals surface area (Å²) in [5.74, 6) is 0. The van der Waals surface area contributed by atoms with Crippen LogP contribution in [0.15, 0.2) is 0 Å². The molecule has 0 bridgehead atoms. The first kappa shape index (κ1) is 10.8. The molecule has 0 aliphatic rings. The molecule has 0 amide bonds. The molecule has 0 radical (unpaired) electrons. The van der Waals surface area contributed by atoms with Gasteiger partial charge in [0.25, 0.3) is 0 Å². The van der Waals surface area contributed by atoms with E-state index in [1.165, 1.54) is 14.8 Å². The third-order valence-electron chi connectivity index (χ3n) is 0.289. The van der Waals surface area contributed by atoms with Crippen molar-refractivity contribution in [2.24, 2.45) is 0 Å². The Balaban J connectivity index is 0. The molecule has 0 fully saturated rings. The Morgan fingerprint density at radius 2 is 2.14 bits per heavy atom. The van der Waals surface area contributed by atoms with Gasteiger partial charge < -0.3 is 6.92 Å². The van der Waals surface area contributed by atoms with Gasteiger partial charge in [-0.25, -0.2) is 0 Å². The summed E-state index contributed by atoms with van der Waals surface area (Å²) in [5, 5.41) is 7.78. The van der Waals surface area contributed by atoms with Crippen molar-refractivity contribution in [2.45, 2.75) is 12.8 Å². The van der Waals surface area contributed by atoms with Crippen LogP contribution in [0.3, 0.4) is 0 Å². The average molecular weight is 260 g/mol. The zero-order valence-corrected chi connectivity index (χ0v) is 9.28. The average Bonchev–Trinajstić information content (AvgIpc) is 1.75. The second-order valence-corrected chi connectivity index (χ2v) is 0.762. The zero-order chi connectivity index (χ0) is 6.12. The summed E-state index contributed by atoms with van der Waals surface area (Å²) >= 11 is 3.62. The van der Waals surface area contributed by atoms with E-state index in [-0.39, 0.29) is 0 Å². The minimum absolute atomic E-state index is 0.583. The second kappa shape index (κ2) is 15.8. The van der Waals surface area contributed by atoms with Crippen LogP contribution in [0.5, 0.6) is 0 Å². The molecule has 0 aliphatic carbocycles. The summed E-state index contributed by atoms with van der Waals surface area (Å²) in [6.45, 7) is 3.45. The van der Waals surface area contributed by atoms with Crippen molar-refractivity contribution < 1.29 is 14.8 Å². The van der Waals surface area contributed by atoms with Crippen LogP contribution in [0.25, 0.3) is 0 Å². The maximum absolute atomic E-state index is 7.78. The van der Waals surface area contributed by atoms with Gasteiger partial charge >= 0.3 is 34.5 Å². The van der Waals surface area contributed by atoms with Crippen molar-refractivity contribution in [3.63, 3.8) is 0 Å². The van der Waals surface area contributed by atoms with Crippen LogP contribution in [0.2, 0.25) is 0 Å². The number of nitrogens with zero attached hydrogens (tertiary/aromatic N) is 1. The van der Waals surface area contributed by atoms with Gasteiger partial charge in [-0.2, -0.15) is 11.7 Å². The molecule has 0 saturated heterocycles. The van der Waals surface area contributed by atoms with E-state index in [9.17, 15) is 0 Å². The fourth-order valence-electron chi connectivity index (χ4n) is 0.0791. The number of unbranched alkanes of at least 4 members (excludes halogenated alkanes) is 1. The fraction of sp³-hybridized carbons (Fsp3) is 0.500. The van der Waals surface area contributed by atoms with Gasteiger partial charge in [-0.05, 0) is 0 Å². The molecule has 0 aliphatic heterocycles. The summed E-state index contributed by atoms with van der Waals surface area (Å²) in [6, 6.07) is 1.95. The number of hydrogen-bond donors (Lipinski definition) is 0. The Bertz CT molecular complexity index is 50.1. The molecular formula is C4H6INZn.